The van der Waals surface area contributed by atoms with Gasteiger partial charge in [0.05, 0.1) is 13.7 Å². The highest BCUT2D eigenvalue weighted by atomic mass is 19.1. The predicted molar refractivity (Wildman–Crippen MR) is 104 cm³/mol. The first kappa shape index (κ1) is 18.7. The lowest BCUT2D eigenvalue weighted by Gasteiger charge is -2.37. The van der Waals surface area contributed by atoms with Crippen molar-refractivity contribution in [1.82, 2.24) is 10.6 Å². The molecule has 0 unspecified atom stereocenters. The molecule has 0 aromatic heterocycles. The van der Waals surface area contributed by atoms with Gasteiger partial charge in [-0.2, -0.15) is 0 Å². The Balaban J connectivity index is 1.54. The van der Waals surface area contributed by atoms with Crippen molar-refractivity contribution < 1.29 is 18.7 Å². The highest BCUT2D eigenvalue weighted by Gasteiger charge is 2.33. The van der Waals surface area contributed by atoms with Crippen LogP contribution in [-0.4, -0.2) is 32.2 Å². The van der Waals surface area contributed by atoms with E-state index in [0.717, 1.165) is 24.1 Å². The Morgan fingerprint density at radius 3 is 2.86 bits per heavy atom. The second-order valence-corrected chi connectivity index (χ2v) is 7.54. The topological polar surface area (TPSA) is 59.6 Å². The molecule has 148 valence electrons. The molecule has 4 rings (SSSR count). The number of carbonyl (C=O) groups is 1. The van der Waals surface area contributed by atoms with E-state index in [1.807, 2.05) is 18.2 Å². The average molecular weight is 384 g/mol. The lowest BCUT2D eigenvalue weighted by Crippen LogP contribution is -2.45. The molecule has 6 heteroatoms. The number of hydrogen-bond acceptors (Lipinski definition) is 4. The third-order valence-electron chi connectivity index (χ3n) is 5.85. The van der Waals surface area contributed by atoms with Gasteiger partial charge in [0.2, 0.25) is 0 Å². The Labute approximate surface area is 164 Å². The highest BCUT2D eigenvalue weighted by Crippen LogP contribution is 2.36. The van der Waals surface area contributed by atoms with Gasteiger partial charge in [0.25, 0.3) is 5.91 Å². The van der Waals surface area contributed by atoms with Gasteiger partial charge >= 0.3 is 0 Å². The number of rotatable bonds is 5. The average Bonchev–Trinajstić information content (AvgIpc) is 3.06. The quantitative estimate of drug-likeness (QED) is 0.831. The highest BCUT2D eigenvalue weighted by molar-refractivity contribution is 5.98. The first-order valence-corrected chi connectivity index (χ1v) is 9.67. The monoisotopic (exact) mass is 384 g/mol. The Bertz CT molecular complexity index is 886. The van der Waals surface area contributed by atoms with Crippen LogP contribution in [-0.2, 0) is 6.54 Å². The summed E-state index contributed by atoms with van der Waals surface area (Å²) in [6.07, 6.45) is 0.900. The van der Waals surface area contributed by atoms with Crippen LogP contribution in [0.2, 0.25) is 0 Å². The van der Waals surface area contributed by atoms with Gasteiger partial charge in [-0.25, -0.2) is 4.39 Å². The fourth-order valence-electron chi connectivity index (χ4n) is 4.25. The fraction of sp³-hybridized carbons (Fsp3) is 0.409. The number of carbonyl (C=O) groups excluding carboxylic acids is 1. The van der Waals surface area contributed by atoms with Crippen molar-refractivity contribution in [3.05, 3.63) is 58.9 Å². The van der Waals surface area contributed by atoms with E-state index in [1.165, 1.54) is 6.07 Å². The summed E-state index contributed by atoms with van der Waals surface area (Å²) in [5.41, 5.74) is 2.61. The minimum absolute atomic E-state index is 0.0575. The van der Waals surface area contributed by atoms with Crippen molar-refractivity contribution in [3.63, 3.8) is 0 Å². The molecule has 0 spiro atoms. The molecule has 0 aliphatic carbocycles. The summed E-state index contributed by atoms with van der Waals surface area (Å²) in [6.45, 7) is 4.06. The standard InChI is InChI=1S/C22H25FN2O3/c1-13-21(12-28-17-4-3-14-11-25-22(26)20(14)10-17)19(5-6-24-13)15-7-16(23)9-18(8-15)27-2/h3-4,7-10,13,19,21,24H,5-6,11-12H2,1-2H3,(H,25,26)/t13-,19+,21-/m1/s1. The summed E-state index contributed by atoms with van der Waals surface area (Å²) >= 11 is 0. The molecule has 5 nitrogen and oxygen atoms in total. The Kier molecular flexibility index (Phi) is 5.22. The van der Waals surface area contributed by atoms with Crippen LogP contribution in [0.5, 0.6) is 11.5 Å². The summed E-state index contributed by atoms with van der Waals surface area (Å²) < 4.78 is 25.4. The van der Waals surface area contributed by atoms with E-state index in [0.29, 0.717) is 30.2 Å². The van der Waals surface area contributed by atoms with Gasteiger partial charge in [-0.15, -0.1) is 0 Å². The zero-order valence-electron chi connectivity index (χ0n) is 16.1. The van der Waals surface area contributed by atoms with Crippen LogP contribution < -0.4 is 20.1 Å². The SMILES string of the molecule is COc1cc(F)cc([C@@H]2CCN[C@H](C)[C@H]2COc2ccc3c(c2)C(=O)NC3)c1. The number of benzene rings is 2. The molecular formula is C22H25FN2O3. The first-order chi connectivity index (χ1) is 13.5. The Morgan fingerprint density at radius 2 is 2.04 bits per heavy atom. The van der Waals surface area contributed by atoms with E-state index >= 15 is 0 Å². The van der Waals surface area contributed by atoms with Crippen molar-refractivity contribution in [2.24, 2.45) is 5.92 Å². The number of halogens is 1. The molecule has 1 saturated heterocycles. The molecule has 0 saturated carbocycles. The number of amides is 1. The molecule has 28 heavy (non-hydrogen) atoms. The van der Waals surface area contributed by atoms with Gasteiger partial charge < -0.3 is 20.1 Å². The molecule has 1 fully saturated rings. The van der Waals surface area contributed by atoms with E-state index in [4.69, 9.17) is 9.47 Å². The zero-order chi connectivity index (χ0) is 19.7. The van der Waals surface area contributed by atoms with Crippen LogP contribution in [0.25, 0.3) is 0 Å². The smallest absolute Gasteiger partial charge is 0.252 e. The maximum atomic E-state index is 14.0. The molecule has 2 aliphatic rings. The van der Waals surface area contributed by atoms with Crippen LogP contribution in [0, 0.1) is 11.7 Å². The predicted octanol–water partition coefficient (Wildman–Crippen LogP) is 3.24. The third-order valence-corrected chi connectivity index (χ3v) is 5.85. The van der Waals surface area contributed by atoms with E-state index in [2.05, 4.69) is 17.6 Å². The van der Waals surface area contributed by atoms with Crippen LogP contribution in [0.15, 0.2) is 36.4 Å². The van der Waals surface area contributed by atoms with E-state index in [1.54, 1.807) is 19.2 Å². The minimum atomic E-state index is -0.287. The van der Waals surface area contributed by atoms with Crippen LogP contribution in [0.4, 0.5) is 4.39 Å². The Hall–Kier alpha value is -2.60. The molecule has 2 N–H and O–H groups in total. The molecule has 0 bridgehead atoms. The van der Waals surface area contributed by atoms with E-state index < -0.39 is 0 Å². The summed E-state index contributed by atoms with van der Waals surface area (Å²) in [5.74, 6) is 1.21. The van der Waals surface area contributed by atoms with Gasteiger partial charge in [0.1, 0.15) is 17.3 Å². The summed E-state index contributed by atoms with van der Waals surface area (Å²) in [6, 6.07) is 10.8. The van der Waals surface area contributed by atoms with Gasteiger partial charge in [-0.1, -0.05) is 6.07 Å². The lowest BCUT2D eigenvalue weighted by atomic mass is 9.77. The summed E-state index contributed by atoms with van der Waals surface area (Å²) in [5, 5.41) is 6.31. The number of ether oxygens (including phenoxy) is 2. The molecule has 2 aliphatic heterocycles. The molecule has 2 aromatic rings. The molecule has 0 radical (unpaired) electrons. The number of piperidine rings is 1. The van der Waals surface area contributed by atoms with Crippen molar-refractivity contribution in [2.45, 2.75) is 31.8 Å². The number of nitrogens with one attached hydrogen (secondary N) is 2. The lowest BCUT2D eigenvalue weighted by molar-refractivity contribution is 0.0965. The van der Waals surface area contributed by atoms with Crippen molar-refractivity contribution in [2.75, 3.05) is 20.3 Å². The molecule has 3 atom stereocenters. The summed E-state index contributed by atoms with van der Waals surface area (Å²) in [4.78, 5) is 11.9. The largest absolute Gasteiger partial charge is 0.497 e. The normalized spacial score (nSPS) is 23.8. The summed E-state index contributed by atoms with van der Waals surface area (Å²) in [7, 11) is 1.55. The van der Waals surface area contributed by atoms with Gasteiger partial charge in [-0.3, -0.25) is 4.79 Å². The minimum Gasteiger partial charge on any atom is -0.497 e. The number of methoxy groups -OCH3 is 1. The number of hydrogen-bond donors (Lipinski definition) is 2. The Morgan fingerprint density at radius 1 is 1.18 bits per heavy atom. The molecule has 2 heterocycles. The third kappa shape index (κ3) is 3.69. The molecule has 2 aromatic carbocycles. The van der Waals surface area contributed by atoms with Gasteiger partial charge in [0.15, 0.2) is 0 Å². The fourth-order valence-corrected chi connectivity index (χ4v) is 4.25. The maximum Gasteiger partial charge on any atom is 0.252 e. The van der Waals surface area contributed by atoms with Gasteiger partial charge in [-0.05, 0) is 61.2 Å². The second kappa shape index (κ2) is 7.80. The van der Waals surface area contributed by atoms with Crippen LogP contribution in [0.3, 0.4) is 0 Å². The van der Waals surface area contributed by atoms with Gasteiger partial charge in [0, 0.05) is 30.1 Å². The van der Waals surface area contributed by atoms with Crippen LogP contribution >= 0.6 is 0 Å². The van der Waals surface area contributed by atoms with Crippen molar-refractivity contribution >= 4 is 5.91 Å². The zero-order valence-corrected chi connectivity index (χ0v) is 16.1. The number of fused-ring (bicyclic) bond motifs is 1. The van der Waals surface area contributed by atoms with Crippen molar-refractivity contribution in [1.29, 1.82) is 0 Å². The van der Waals surface area contributed by atoms with Crippen molar-refractivity contribution in [3.8, 4) is 11.5 Å². The first-order valence-electron chi connectivity index (χ1n) is 9.67. The second-order valence-electron chi connectivity index (χ2n) is 7.54. The molecular weight excluding hydrogens is 359 g/mol. The van der Waals surface area contributed by atoms with E-state index in [-0.39, 0.29) is 29.6 Å². The maximum absolute atomic E-state index is 14.0. The van der Waals surface area contributed by atoms with Crippen LogP contribution in [0.1, 0.15) is 40.7 Å². The van der Waals surface area contributed by atoms with E-state index in [9.17, 15) is 9.18 Å². The molecule has 1 amide bonds.